The van der Waals surface area contributed by atoms with Crippen LogP contribution in [0, 0.1) is 5.92 Å². The molecule has 0 unspecified atom stereocenters. The van der Waals surface area contributed by atoms with Crippen LogP contribution in [-0.4, -0.2) is 14.5 Å². The van der Waals surface area contributed by atoms with Crippen molar-refractivity contribution in [3.8, 4) is 11.3 Å². The molecule has 0 bridgehead atoms. The van der Waals surface area contributed by atoms with Crippen LogP contribution in [0.4, 0.5) is 5.82 Å². The lowest BCUT2D eigenvalue weighted by Crippen LogP contribution is -2.10. The zero-order valence-corrected chi connectivity index (χ0v) is 13.1. The summed E-state index contributed by atoms with van der Waals surface area (Å²) in [6.07, 6.45) is 4.42. The van der Waals surface area contributed by atoms with Crippen molar-refractivity contribution in [1.29, 1.82) is 0 Å². The summed E-state index contributed by atoms with van der Waals surface area (Å²) in [6, 6.07) is 1.99. The molecule has 5 heteroatoms. The van der Waals surface area contributed by atoms with E-state index in [1.54, 1.807) is 12.4 Å². The molecule has 0 aromatic carbocycles. The molecule has 0 aliphatic carbocycles. The standard InChI is InChI=1S/C14H19BrN4/c1-4-12-18-13(10-5-11(15)7-17-6-10)14(16)19(12)8-9(2)3/h5-7,9H,4,8,16H2,1-3H3. The average Bonchev–Trinajstić information content (AvgIpc) is 2.66. The number of nitrogens with two attached hydrogens (primary N) is 1. The highest BCUT2D eigenvalue weighted by Crippen LogP contribution is 2.28. The molecule has 2 aromatic rings. The van der Waals surface area contributed by atoms with Gasteiger partial charge < -0.3 is 10.3 Å². The third-order valence-electron chi connectivity index (χ3n) is 2.93. The second-order valence-electron chi connectivity index (χ2n) is 5.01. The van der Waals surface area contributed by atoms with Crippen molar-refractivity contribution in [3.05, 3.63) is 28.8 Å². The van der Waals surface area contributed by atoms with Crippen molar-refractivity contribution in [1.82, 2.24) is 14.5 Å². The largest absolute Gasteiger partial charge is 0.383 e. The van der Waals surface area contributed by atoms with Gasteiger partial charge in [-0.15, -0.1) is 0 Å². The maximum Gasteiger partial charge on any atom is 0.131 e. The van der Waals surface area contributed by atoms with Crippen molar-refractivity contribution in [2.75, 3.05) is 5.73 Å². The van der Waals surface area contributed by atoms with Crippen LogP contribution < -0.4 is 5.73 Å². The average molecular weight is 323 g/mol. The van der Waals surface area contributed by atoms with E-state index < -0.39 is 0 Å². The van der Waals surface area contributed by atoms with Gasteiger partial charge >= 0.3 is 0 Å². The lowest BCUT2D eigenvalue weighted by molar-refractivity contribution is 0.513. The molecule has 0 spiro atoms. The Morgan fingerprint density at radius 2 is 2.11 bits per heavy atom. The number of hydrogen-bond acceptors (Lipinski definition) is 3. The molecular formula is C14H19BrN4. The Labute approximate surface area is 122 Å². The predicted octanol–water partition coefficient (Wildman–Crippen LogP) is 3.51. The highest BCUT2D eigenvalue weighted by atomic mass is 79.9. The molecule has 2 N–H and O–H groups in total. The van der Waals surface area contributed by atoms with E-state index in [4.69, 9.17) is 5.73 Å². The highest BCUT2D eigenvalue weighted by Gasteiger charge is 2.16. The van der Waals surface area contributed by atoms with Gasteiger partial charge in [0.05, 0.1) is 0 Å². The van der Waals surface area contributed by atoms with Gasteiger partial charge in [0.2, 0.25) is 0 Å². The van der Waals surface area contributed by atoms with Crippen LogP contribution in [0.15, 0.2) is 22.9 Å². The first kappa shape index (κ1) is 14.1. The first-order valence-electron chi connectivity index (χ1n) is 6.48. The Bertz CT molecular complexity index is 575. The van der Waals surface area contributed by atoms with Crippen molar-refractivity contribution >= 4 is 21.7 Å². The lowest BCUT2D eigenvalue weighted by atomic mass is 10.2. The molecule has 4 nitrogen and oxygen atoms in total. The van der Waals surface area contributed by atoms with E-state index in [1.165, 1.54) is 0 Å². The van der Waals surface area contributed by atoms with Gasteiger partial charge in [-0.05, 0) is 27.9 Å². The highest BCUT2D eigenvalue weighted by molar-refractivity contribution is 9.10. The quantitative estimate of drug-likeness (QED) is 0.937. The summed E-state index contributed by atoms with van der Waals surface area (Å²) in [7, 11) is 0. The summed E-state index contributed by atoms with van der Waals surface area (Å²) in [5.74, 6) is 2.29. The van der Waals surface area contributed by atoms with Gasteiger partial charge in [-0.1, -0.05) is 20.8 Å². The molecule has 19 heavy (non-hydrogen) atoms. The van der Waals surface area contributed by atoms with E-state index in [9.17, 15) is 0 Å². The molecular weight excluding hydrogens is 304 g/mol. The number of aromatic nitrogens is 3. The minimum Gasteiger partial charge on any atom is -0.383 e. The zero-order chi connectivity index (χ0) is 14.0. The van der Waals surface area contributed by atoms with Crippen LogP contribution in [0.5, 0.6) is 0 Å². The SMILES string of the molecule is CCc1nc(-c2cncc(Br)c2)c(N)n1CC(C)C. The molecule has 0 amide bonds. The molecule has 0 radical (unpaired) electrons. The monoisotopic (exact) mass is 322 g/mol. The fraction of sp³-hybridized carbons (Fsp3) is 0.429. The van der Waals surface area contributed by atoms with E-state index >= 15 is 0 Å². The zero-order valence-electron chi connectivity index (χ0n) is 11.5. The van der Waals surface area contributed by atoms with Crippen LogP contribution >= 0.6 is 15.9 Å². The number of halogens is 1. The Morgan fingerprint density at radius 1 is 1.37 bits per heavy atom. The van der Waals surface area contributed by atoms with Gasteiger partial charge in [-0.2, -0.15) is 0 Å². The first-order valence-corrected chi connectivity index (χ1v) is 7.28. The molecule has 0 saturated heterocycles. The number of aryl methyl sites for hydroxylation is 1. The van der Waals surface area contributed by atoms with E-state index in [0.717, 1.165) is 40.3 Å². The van der Waals surface area contributed by atoms with Crippen LogP contribution in [0.25, 0.3) is 11.3 Å². The van der Waals surface area contributed by atoms with Gasteiger partial charge in [0, 0.05) is 35.4 Å². The predicted molar refractivity (Wildman–Crippen MR) is 81.8 cm³/mol. The minimum atomic E-state index is 0.537. The molecule has 0 atom stereocenters. The maximum atomic E-state index is 6.27. The summed E-state index contributed by atoms with van der Waals surface area (Å²) in [4.78, 5) is 8.85. The Kier molecular flexibility index (Phi) is 4.24. The van der Waals surface area contributed by atoms with Crippen molar-refractivity contribution in [2.24, 2.45) is 5.92 Å². The Morgan fingerprint density at radius 3 is 2.68 bits per heavy atom. The van der Waals surface area contributed by atoms with Gasteiger partial charge in [0.25, 0.3) is 0 Å². The number of imidazole rings is 1. The van der Waals surface area contributed by atoms with E-state index in [1.807, 2.05) is 6.07 Å². The topological polar surface area (TPSA) is 56.7 Å². The van der Waals surface area contributed by atoms with Gasteiger partial charge in [0.15, 0.2) is 0 Å². The minimum absolute atomic E-state index is 0.537. The fourth-order valence-corrected chi connectivity index (χ4v) is 2.47. The molecule has 102 valence electrons. The number of nitrogen functional groups attached to an aromatic ring is 1. The van der Waals surface area contributed by atoms with Crippen LogP contribution in [0.3, 0.4) is 0 Å². The van der Waals surface area contributed by atoms with E-state index in [2.05, 4.69) is 51.2 Å². The van der Waals surface area contributed by atoms with Crippen LogP contribution in [0.2, 0.25) is 0 Å². The number of nitrogens with zero attached hydrogens (tertiary/aromatic N) is 3. The number of pyridine rings is 1. The van der Waals surface area contributed by atoms with E-state index in [0.29, 0.717) is 5.92 Å². The Balaban J connectivity index is 2.50. The Hall–Kier alpha value is -1.36. The van der Waals surface area contributed by atoms with Crippen LogP contribution in [-0.2, 0) is 13.0 Å². The summed E-state index contributed by atoms with van der Waals surface area (Å²) in [5.41, 5.74) is 8.04. The molecule has 2 rings (SSSR count). The molecule has 0 aliphatic rings. The fourth-order valence-electron chi connectivity index (χ4n) is 2.11. The molecule has 2 aromatic heterocycles. The normalized spacial score (nSPS) is 11.2. The maximum absolute atomic E-state index is 6.27. The molecule has 0 aliphatic heterocycles. The second kappa shape index (κ2) is 5.74. The van der Waals surface area contributed by atoms with Crippen LogP contribution in [0.1, 0.15) is 26.6 Å². The summed E-state index contributed by atoms with van der Waals surface area (Å²) in [6.45, 7) is 7.35. The summed E-state index contributed by atoms with van der Waals surface area (Å²) >= 11 is 3.43. The molecule has 2 heterocycles. The van der Waals surface area contributed by atoms with E-state index in [-0.39, 0.29) is 0 Å². The van der Waals surface area contributed by atoms with Gasteiger partial charge in [-0.25, -0.2) is 4.98 Å². The number of rotatable bonds is 4. The van der Waals surface area contributed by atoms with Crippen molar-refractivity contribution in [3.63, 3.8) is 0 Å². The van der Waals surface area contributed by atoms with Gasteiger partial charge in [-0.3, -0.25) is 4.98 Å². The molecule has 0 saturated carbocycles. The van der Waals surface area contributed by atoms with Crippen molar-refractivity contribution in [2.45, 2.75) is 33.7 Å². The smallest absolute Gasteiger partial charge is 0.131 e. The number of hydrogen-bond donors (Lipinski definition) is 1. The lowest BCUT2D eigenvalue weighted by Gasteiger charge is -2.11. The van der Waals surface area contributed by atoms with Crippen molar-refractivity contribution < 1.29 is 0 Å². The molecule has 0 fully saturated rings. The third-order valence-corrected chi connectivity index (χ3v) is 3.36. The third kappa shape index (κ3) is 2.97. The first-order chi connectivity index (χ1) is 9.02. The second-order valence-corrected chi connectivity index (χ2v) is 5.93. The number of anilines is 1. The summed E-state index contributed by atoms with van der Waals surface area (Å²) < 4.78 is 3.04. The summed E-state index contributed by atoms with van der Waals surface area (Å²) in [5, 5.41) is 0. The van der Waals surface area contributed by atoms with Gasteiger partial charge in [0.1, 0.15) is 17.3 Å².